The second kappa shape index (κ2) is 5.77. The van der Waals surface area contributed by atoms with Crippen molar-refractivity contribution in [3.05, 3.63) is 54.1 Å². The molecule has 2 unspecified atom stereocenters. The summed E-state index contributed by atoms with van der Waals surface area (Å²) >= 11 is 1.72. The SMILES string of the molecule is COc1ccc(C(O)C2CSc3ccccc3O2)cc1. The molecule has 2 atom stereocenters. The number of para-hydroxylation sites is 1. The molecule has 2 aromatic rings. The predicted octanol–water partition coefficient (Wildman–Crippen LogP) is 3.28. The van der Waals surface area contributed by atoms with E-state index in [4.69, 9.17) is 9.47 Å². The Morgan fingerprint density at radius 3 is 2.70 bits per heavy atom. The maximum atomic E-state index is 10.5. The third kappa shape index (κ3) is 2.62. The Labute approximate surface area is 122 Å². The average molecular weight is 288 g/mol. The van der Waals surface area contributed by atoms with Gasteiger partial charge in [0.25, 0.3) is 0 Å². The van der Waals surface area contributed by atoms with Gasteiger partial charge in [0.15, 0.2) is 0 Å². The number of ether oxygens (including phenoxy) is 2. The number of methoxy groups -OCH3 is 1. The lowest BCUT2D eigenvalue weighted by molar-refractivity contribution is 0.0457. The van der Waals surface area contributed by atoms with Crippen LogP contribution in [0.5, 0.6) is 11.5 Å². The summed E-state index contributed by atoms with van der Waals surface area (Å²) in [4.78, 5) is 1.13. The molecule has 0 bridgehead atoms. The molecule has 0 aliphatic carbocycles. The van der Waals surface area contributed by atoms with Crippen LogP contribution in [-0.2, 0) is 0 Å². The summed E-state index contributed by atoms with van der Waals surface area (Å²) in [5, 5.41) is 10.5. The van der Waals surface area contributed by atoms with Crippen LogP contribution in [-0.4, -0.2) is 24.1 Å². The van der Waals surface area contributed by atoms with Crippen LogP contribution in [0.3, 0.4) is 0 Å². The Balaban J connectivity index is 1.76. The van der Waals surface area contributed by atoms with Crippen LogP contribution >= 0.6 is 11.8 Å². The van der Waals surface area contributed by atoms with E-state index >= 15 is 0 Å². The highest BCUT2D eigenvalue weighted by Crippen LogP contribution is 2.38. The Morgan fingerprint density at radius 1 is 1.20 bits per heavy atom. The van der Waals surface area contributed by atoms with Gasteiger partial charge in [0.1, 0.15) is 23.7 Å². The summed E-state index contributed by atoms with van der Waals surface area (Å²) in [7, 11) is 1.63. The first kappa shape index (κ1) is 13.3. The highest BCUT2D eigenvalue weighted by atomic mass is 32.2. The van der Waals surface area contributed by atoms with Crippen LogP contribution in [0.15, 0.2) is 53.4 Å². The van der Waals surface area contributed by atoms with E-state index in [1.165, 1.54) is 0 Å². The first-order chi connectivity index (χ1) is 9.78. The molecule has 1 aliphatic rings. The zero-order valence-corrected chi connectivity index (χ0v) is 12.0. The molecule has 0 spiro atoms. The Bertz CT molecular complexity index is 583. The van der Waals surface area contributed by atoms with Gasteiger partial charge in [-0.15, -0.1) is 11.8 Å². The molecule has 2 aromatic carbocycles. The van der Waals surface area contributed by atoms with Gasteiger partial charge in [-0.05, 0) is 29.8 Å². The van der Waals surface area contributed by atoms with Crippen molar-refractivity contribution in [3.63, 3.8) is 0 Å². The van der Waals surface area contributed by atoms with Crippen molar-refractivity contribution in [2.75, 3.05) is 12.9 Å². The number of fused-ring (bicyclic) bond motifs is 1. The van der Waals surface area contributed by atoms with E-state index in [0.717, 1.165) is 27.7 Å². The maximum absolute atomic E-state index is 10.5. The normalized spacial score (nSPS) is 18.8. The van der Waals surface area contributed by atoms with Gasteiger partial charge in [0.05, 0.1) is 7.11 Å². The zero-order valence-electron chi connectivity index (χ0n) is 11.2. The quantitative estimate of drug-likeness (QED) is 0.940. The Morgan fingerprint density at radius 2 is 1.95 bits per heavy atom. The fraction of sp³-hybridized carbons (Fsp3) is 0.250. The smallest absolute Gasteiger partial charge is 0.138 e. The number of hydrogen-bond donors (Lipinski definition) is 1. The van der Waals surface area contributed by atoms with Crippen molar-refractivity contribution in [2.45, 2.75) is 17.1 Å². The standard InChI is InChI=1S/C16H16O3S/c1-18-12-8-6-11(7-9-12)16(17)14-10-20-15-5-3-2-4-13(15)19-14/h2-9,14,16-17H,10H2,1H3. The molecule has 0 saturated carbocycles. The van der Waals surface area contributed by atoms with E-state index in [9.17, 15) is 5.11 Å². The van der Waals surface area contributed by atoms with Crippen molar-refractivity contribution in [1.82, 2.24) is 0 Å². The summed E-state index contributed by atoms with van der Waals surface area (Å²) in [6.45, 7) is 0. The van der Waals surface area contributed by atoms with Gasteiger partial charge in [-0.25, -0.2) is 0 Å². The van der Waals surface area contributed by atoms with Crippen LogP contribution in [0.1, 0.15) is 11.7 Å². The van der Waals surface area contributed by atoms with E-state index in [1.54, 1.807) is 18.9 Å². The van der Waals surface area contributed by atoms with Crippen molar-refractivity contribution < 1.29 is 14.6 Å². The molecule has 3 rings (SSSR count). The van der Waals surface area contributed by atoms with Crippen LogP contribution < -0.4 is 9.47 Å². The van der Waals surface area contributed by atoms with Gasteiger partial charge < -0.3 is 14.6 Å². The van der Waals surface area contributed by atoms with Crippen LogP contribution in [0.25, 0.3) is 0 Å². The van der Waals surface area contributed by atoms with Crippen LogP contribution in [0.4, 0.5) is 0 Å². The molecule has 0 amide bonds. The average Bonchev–Trinajstić information content (AvgIpc) is 2.54. The lowest BCUT2D eigenvalue weighted by Gasteiger charge is -2.29. The summed E-state index contributed by atoms with van der Waals surface area (Å²) < 4.78 is 11.0. The molecule has 0 radical (unpaired) electrons. The van der Waals surface area contributed by atoms with E-state index in [0.29, 0.717) is 0 Å². The van der Waals surface area contributed by atoms with Gasteiger partial charge in [-0.3, -0.25) is 0 Å². The highest BCUT2D eigenvalue weighted by Gasteiger charge is 2.27. The summed E-state index contributed by atoms with van der Waals surface area (Å²) in [6.07, 6.45) is -0.870. The van der Waals surface area contributed by atoms with Crippen LogP contribution in [0.2, 0.25) is 0 Å². The van der Waals surface area contributed by atoms with Crippen molar-refractivity contribution >= 4 is 11.8 Å². The molecular formula is C16H16O3S. The third-order valence-corrected chi connectivity index (χ3v) is 4.48. The van der Waals surface area contributed by atoms with Gasteiger partial charge in [-0.1, -0.05) is 24.3 Å². The van der Waals surface area contributed by atoms with E-state index in [1.807, 2.05) is 48.5 Å². The molecule has 104 valence electrons. The van der Waals surface area contributed by atoms with Gasteiger partial charge >= 0.3 is 0 Å². The second-order valence-electron chi connectivity index (χ2n) is 4.63. The van der Waals surface area contributed by atoms with Crippen LogP contribution in [0, 0.1) is 0 Å². The maximum Gasteiger partial charge on any atom is 0.138 e. The van der Waals surface area contributed by atoms with Crippen molar-refractivity contribution in [2.24, 2.45) is 0 Å². The predicted molar refractivity (Wildman–Crippen MR) is 79.5 cm³/mol. The second-order valence-corrected chi connectivity index (χ2v) is 5.69. The number of benzene rings is 2. The molecule has 1 aliphatic heterocycles. The minimum Gasteiger partial charge on any atom is -0.497 e. The summed E-state index contributed by atoms with van der Waals surface area (Å²) in [5.41, 5.74) is 0.843. The molecule has 4 heteroatoms. The number of rotatable bonds is 3. The molecule has 1 heterocycles. The first-order valence-electron chi connectivity index (χ1n) is 6.48. The van der Waals surface area contributed by atoms with E-state index < -0.39 is 6.10 Å². The van der Waals surface area contributed by atoms with Crippen molar-refractivity contribution in [1.29, 1.82) is 0 Å². The third-order valence-electron chi connectivity index (χ3n) is 3.34. The van der Waals surface area contributed by atoms with E-state index in [-0.39, 0.29) is 6.10 Å². The number of hydrogen-bond acceptors (Lipinski definition) is 4. The monoisotopic (exact) mass is 288 g/mol. The topological polar surface area (TPSA) is 38.7 Å². The van der Waals surface area contributed by atoms with Gasteiger partial charge in [0.2, 0.25) is 0 Å². The Hall–Kier alpha value is -1.65. The number of thioether (sulfide) groups is 1. The lowest BCUT2D eigenvalue weighted by atomic mass is 10.1. The molecule has 0 aromatic heterocycles. The number of aliphatic hydroxyl groups excluding tert-OH is 1. The summed E-state index contributed by atoms with van der Waals surface area (Å²) in [6, 6.07) is 15.4. The van der Waals surface area contributed by atoms with E-state index in [2.05, 4.69) is 0 Å². The summed E-state index contributed by atoms with van der Waals surface area (Å²) in [5.74, 6) is 2.37. The highest BCUT2D eigenvalue weighted by molar-refractivity contribution is 7.99. The molecular weight excluding hydrogens is 272 g/mol. The van der Waals surface area contributed by atoms with Gasteiger partial charge in [0, 0.05) is 10.6 Å². The minimum absolute atomic E-state index is 0.233. The zero-order chi connectivity index (χ0) is 13.9. The number of aliphatic hydroxyl groups is 1. The minimum atomic E-state index is -0.637. The molecule has 0 saturated heterocycles. The molecule has 0 fully saturated rings. The lowest BCUT2D eigenvalue weighted by Crippen LogP contribution is -2.30. The van der Waals surface area contributed by atoms with Gasteiger partial charge in [-0.2, -0.15) is 0 Å². The molecule has 3 nitrogen and oxygen atoms in total. The first-order valence-corrected chi connectivity index (χ1v) is 7.47. The largest absolute Gasteiger partial charge is 0.497 e. The van der Waals surface area contributed by atoms with Crippen molar-refractivity contribution in [3.8, 4) is 11.5 Å². The molecule has 1 N–H and O–H groups in total. The fourth-order valence-corrected chi connectivity index (χ4v) is 3.23. The molecule has 20 heavy (non-hydrogen) atoms. The Kier molecular flexibility index (Phi) is 3.85. The fourth-order valence-electron chi connectivity index (χ4n) is 2.21.